The molecule has 2 bridgehead atoms. The molecule has 2 saturated carbocycles. The Morgan fingerprint density at radius 3 is 1.95 bits per heavy atom. The molecular formula is C32H33ClN2O3. The van der Waals surface area contributed by atoms with Crippen LogP contribution < -0.4 is 0 Å². The summed E-state index contributed by atoms with van der Waals surface area (Å²) in [5.74, 6) is -0.401. The van der Waals surface area contributed by atoms with Gasteiger partial charge in [0.2, 0.25) is 5.91 Å². The quantitative estimate of drug-likeness (QED) is 0.239. The summed E-state index contributed by atoms with van der Waals surface area (Å²) >= 11 is 5.95. The molecule has 3 aromatic carbocycles. The molecule has 0 heterocycles. The van der Waals surface area contributed by atoms with E-state index in [2.05, 4.69) is 50.2 Å². The molecule has 3 aromatic rings. The highest BCUT2D eigenvalue weighted by molar-refractivity contribution is 6.30. The average Bonchev–Trinajstić information content (AvgIpc) is 3.23. The number of benzene rings is 3. The maximum absolute atomic E-state index is 14.6. The molecule has 2 aliphatic rings. The van der Waals surface area contributed by atoms with Crippen LogP contribution in [0.4, 0.5) is 0 Å². The van der Waals surface area contributed by atoms with Crippen molar-refractivity contribution in [1.29, 1.82) is 0 Å². The second kappa shape index (κ2) is 10.0. The molecule has 196 valence electrons. The number of halogens is 1. The topological polar surface area (TPSA) is 59.0 Å². The lowest BCUT2D eigenvalue weighted by Gasteiger charge is -2.42. The highest BCUT2D eigenvalue weighted by Crippen LogP contribution is 2.71. The standard InChI is InChI=1S/C32H33ClN2O3/c1-30(2)31(3)18-19-32(30,20-27(31)34-38-28(36)25-14-16-26(33)17-15-25)29(37)35(21-23-10-6-4-7-11-23)22-24-12-8-5-9-13-24/h4-17H,18-22H2,1-3H3. The van der Waals surface area contributed by atoms with Gasteiger partial charge in [-0.05, 0) is 53.6 Å². The Bertz CT molecular complexity index is 1310. The molecule has 0 aromatic heterocycles. The van der Waals surface area contributed by atoms with Crippen molar-refractivity contribution in [2.24, 2.45) is 21.4 Å². The van der Waals surface area contributed by atoms with Crippen LogP contribution in [-0.2, 0) is 22.7 Å². The van der Waals surface area contributed by atoms with E-state index in [1.54, 1.807) is 24.3 Å². The van der Waals surface area contributed by atoms with Gasteiger partial charge in [0.15, 0.2) is 0 Å². The number of fused-ring (bicyclic) bond motifs is 2. The first-order valence-electron chi connectivity index (χ1n) is 13.1. The first-order valence-corrected chi connectivity index (χ1v) is 13.5. The number of carbonyl (C=O) groups excluding carboxylic acids is 2. The normalized spacial score (nSPS) is 24.4. The van der Waals surface area contributed by atoms with E-state index in [0.29, 0.717) is 30.1 Å². The van der Waals surface area contributed by atoms with Crippen molar-refractivity contribution in [1.82, 2.24) is 4.90 Å². The first-order chi connectivity index (χ1) is 18.2. The third-order valence-electron chi connectivity index (χ3n) is 9.18. The van der Waals surface area contributed by atoms with Crippen molar-refractivity contribution < 1.29 is 14.4 Å². The van der Waals surface area contributed by atoms with Crippen LogP contribution in [0.2, 0.25) is 5.02 Å². The van der Waals surface area contributed by atoms with Gasteiger partial charge >= 0.3 is 5.97 Å². The Balaban J connectivity index is 1.44. The molecule has 0 N–H and O–H groups in total. The molecule has 0 radical (unpaired) electrons. The Morgan fingerprint density at radius 1 is 0.842 bits per heavy atom. The summed E-state index contributed by atoms with van der Waals surface area (Å²) in [6, 6.07) is 26.8. The zero-order valence-corrected chi connectivity index (χ0v) is 22.9. The Hall–Kier alpha value is -3.44. The zero-order valence-electron chi connectivity index (χ0n) is 22.1. The molecule has 0 aliphatic heterocycles. The van der Waals surface area contributed by atoms with Gasteiger partial charge in [-0.3, -0.25) is 4.79 Å². The average molecular weight is 529 g/mol. The highest BCUT2D eigenvalue weighted by atomic mass is 35.5. The third-order valence-corrected chi connectivity index (χ3v) is 9.43. The Kier molecular flexibility index (Phi) is 6.91. The van der Waals surface area contributed by atoms with Crippen LogP contribution in [0.5, 0.6) is 0 Å². The molecule has 2 unspecified atom stereocenters. The first kappa shape index (κ1) is 26.2. The van der Waals surface area contributed by atoms with Crippen molar-refractivity contribution in [3.63, 3.8) is 0 Å². The second-order valence-electron chi connectivity index (χ2n) is 11.3. The lowest BCUT2D eigenvalue weighted by molar-refractivity contribution is -0.148. The predicted molar refractivity (Wildman–Crippen MR) is 150 cm³/mol. The number of carbonyl (C=O) groups is 2. The van der Waals surface area contributed by atoms with E-state index in [1.807, 2.05) is 41.3 Å². The minimum absolute atomic E-state index is 0.133. The molecule has 5 rings (SSSR count). The van der Waals surface area contributed by atoms with E-state index in [9.17, 15) is 9.59 Å². The summed E-state index contributed by atoms with van der Waals surface area (Å²) in [5.41, 5.74) is 2.00. The monoisotopic (exact) mass is 528 g/mol. The fourth-order valence-corrected chi connectivity index (χ4v) is 6.47. The highest BCUT2D eigenvalue weighted by Gasteiger charge is 2.72. The fraction of sp³-hybridized carbons (Fsp3) is 0.344. The number of nitrogens with zero attached hydrogens (tertiary/aromatic N) is 2. The van der Waals surface area contributed by atoms with E-state index in [-0.39, 0.29) is 16.7 Å². The van der Waals surface area contributed by atoms with E-state index >= 15 is 0 Å². The van der Waals surface area contributed by atoms with Crippen LogP contribution in [-0.4, -0.2) is 22.5 Å². The van der Waals surface area contributed by atoms with E-state index in [1.165, 1.54) is 0 Å². The summed E-state index contributed by atoms with van der Waals surface area (Å²) in [4.78, 5) is 34.7. The molecule has 5 nitrogen and oxygen atoms in total. The van der Waals surface area contributed by atoms with Crippen LogP contribution in [0.1, 0.15) is 61.5 Å². The van der Waals surface area contributed by atoms with Crippen LogP contribution in [0.3, 0.4) is 0 Å². The van der Waals surface area contributed by atoms with Crippen LogP contribution in [0.15, 0.2) is 90.1 Å². The molecule has 2 fully saturated rings. The lowest BCUT2D eigenvalue weighted by atomic mass is 9.64. The molecule has 38 heavy (non-hydrogen) atoms. The van der Waals surface area contributed by atoms with Gasteiger partial charge in [0.25, 0.3) is 0 Å². The summed E-state index contributed by atoms with van der Waals surface area (Å²) in [5, 5.41) is 4.94. The van der Waals surface area contributed by atoms with Crippen molar-refractivity contribution >= 4 is 29.2 Å². The molecular weight excluding hydrogens is 496 g/mol. The Morgan fingerprint density at radius 2 is 1.39 bits per heavy atom. The van der Waals surface area contributed by atoms with E-state index < -0.39 is 11.4 Å². The molecule has 2 aliphatic carbocycles. The largest absolute Gasteiger partial charge is 0.365 e. The smallest absolute Gasteiger partial charge is 0.334 e. The molecule has 0 saturated heterocycles. The van der Waals surface area contributed by atoms with E-state index in [4.69, 9.17) is 16.4 Å². The maximum atomic E-state index is 14.6. The van der Waals surface area contributed by atoms with Gasteiger partial charge in [-0.15, -0.1) is 0 Å². The van der Waals surface area contributed by atoms with Gasteiger partial charge in [0, 0.05) is 29.9 Å². The van der Waals surface area contributed by atoms with Crippen molar-refractivity contribution in [3.05, 3.63) is 107 Å². The lowest BCUT2D eigenvalue weighted by Crippen LogP contribution is -2.48. The molecule has 6 heteroatoms. The van der Waals surface area contributed by atoms with E-state index in [0.717, 1.165) is 29.7 Å². The summed E-state index contributed by atoms with van der Waals surface area (Å²) in [7, 11) is 0. The third kappa shape index (κ3) is 4.43. The zero-order chi connectivity index (χ0) is 27.0. The summed E-state index contributed by atoms with van der Waals surface area (Å²) in [6.45, 7) is 7.56. The van der Waals surface area contributed by atoms with Crippen LogP contribution >= 0.6 is 11.6 Å². The predicted octanol–water partition coefficient (Wildman–Crippen LogP) is 7.30. The van der Waals surface area contributed by atoms with Crippen molar-refractivity contribution in [3.8, 4) is 0 Å². The van der Waals surface area contributed by atoms with Gasteiger partial charge in [-0.2, -0.15) is 0 Å². The number of amides is 1. The van der Waals surface area contributed by atoms with Gasteiger partial charge in [0.1, 0.15) is 0 Å². The molecule has 0 spiro atoms. The minimum Gasteiger partial charge on any atom is -0.334 e. The SMILES string of the molecule is CC12CCC(C(=O)N(Cc3ccccc3)Cc3ccccc3)(CC1=NOC(=O)c1ccc(Cl)cc1)C2(C)C. The van der Waals surface area contributed by atoms with Gasteiger partial charge in [-0.25, -0.2) is 4.79 Å². The second-order valence-corrected chi connectivity index (χ2v) is 11.7. The van der Waals surface area contributed by atoms with Crippen molar-refractivity contribution in [2.75, 3.05) is 0 Å². The minimum atomic E-state index is -0.628. The summed E-state index contributed by atoms with van der Waals surface area (Å²) in [6.07, 6.45) is 2.07. The number of hydrogen-bond acceptors (Lipinski definition) is 4. The number of rotatable bonds is 7. The van der Waals surface area contributed by atoms with Gasteiger partial charge in [0.05, 0.1) is 16.7 Å². The van der Waals surface area contributed by atoms with Gasteiger partial charge in [-0.1, -0.05) is 98.2 Å². The van der Waals surface area contributed by atoms with Crippen LogP contribution in [0.25, 0.3) is 0 Å². The molecule has 1 amide bonds. The Labute approximate surface area is 229 Å². The summed E-state index contributed by atoms with van der Waals surface area (Å²) < 4.78 is 0. The van der Waals surface area contributed by atoms with Gasteiger partial charge < -0.3 is 9.74 Å². The maximum Gasteiger partial charge on any atom is 0.365 e. The van der Waals surface area contributed by atoms with Crippen molar-refractivity contribution in [2.45, 2.75) is 53.1 Å². The van der Waals surface area contributed by atoms with Crippen LogP contribution in [0, 0.1) is 16.2 Å². The molecule has 2 atom stereocenters. The fourth-order valence-electron chi connectivity index (χ4n) is 6.34. The number of hydrogen-bond donors (Lipinski definition) is 0. The number of oxime groups is 1.